The molecule has 0 saturated heterocycles. The Bertz CT molecular complexity index is 792. The van der Waals surface area contributed by atoms with Crippen LogP contribution in [0.15, 0.2) is 48.5 Å². The summed E-state index contributed by atoms with van der Waals surface area (Å²) in [6.45, 7) is -0.141. The standard InChI is InChI=1S/C19H17ClN2O2/c20-17-7-5-16(6-8-17)19(9-2-10-19)18(13-22(23)24)15-4-1-3-14(11-15)12-21/h1,3-8,11,18H,2,9-10,13H2/t18-/m1/s1. The largest absolute Gasteiger partial charge is 0.265 e. The lowest BCUT2D eigenvalue weighted by Gasteiger charge is -2.47. The summed E-state index contributed by atoms with van der Waals surface area (Å²) in [5.74, 6) is -0.254. The topological polar surface area (TPSA) is 66.9 Å². The predicted molar refractivity (Wildman–Crippen MR) is 92.7 cm³/mol. The highest BCUT2D eigenvalue weighted by Crippen LogP contribution is 2.53. The first-order valence-electron chi connectivity index (χ1n) is 7.93. The Hall–Kier alpha value is -2.38. The van der Waals surface area contributed by atoms with Crippen molar-refractivity contribution < 1.29 is 4.92 Å². The fourth-order valence-corrected chi connectivity index (χ4v) is 3.88. The number of rotatable bonds is 5. The van der Waals surface area contributed by atoms with E-state index in [0.717, 1.165) is 30.4 Å². The molecule has 0 aliphatic heterocycles. The molecular formula is C19H17ClN2O2. The SMILES string of the molecule is N#Cc1cccc([C@@H](C[N+](=O)[O-])C2(c3ccc(Cl)cc3)CCC2)c1. The Labute approximate surface area is 145 Å². The van der Waals surface area contributed by atoms with Crippen LogP contribution in [0.25, 0.3) is 0 Å². The molecule has 5 heteroatoms. The first kappa shape index (κ1) is 16.5. The molecule has 0 radical (unpaired) electrons. The van der Waals surface area contributed by atoms with Crippen LogP contribution in [0.5, 0.6) is 0 Å². The molecule has 1 saturated carbocycles. The van der Waals surface area contributed by atoms with Gasteiger partial charge in [0, 0.05) is 15.4 Å². The van der Waals surface area contributed by atoms with Gasteiger partial charge < -0.3 is 0 Å². The van der Waals surface area contributed by atoms with E-state index in [1.807, 2.05) is 30.3 Å². The number of halogens is 1. The third-order valence-corrected chi connectivity index (χ3v) is 5.33. The number of benzene rings is 2. The van der Waals surface area contributed by atoms with E-state index in [2.05, 4.69) is 6.07 Å². The maximum atomic E-state index is 11.3. The lowest BCUT2D eigenvalue weighted by molar-refractivity contribution is -0.486. The maximum absolute atomic E-state index is 11.3. The summed E-state index contributed by atoms with van der Waals surface area (Å²) in [5, 5.41) is 21.1. The number of nitriles is 1. The lowest BCUT2D eigenvalue weighted by Crippen LogP contribution is -2.43. The minimum Gasteiger partial charge on any atom is -0.265 e. The zero-order valence-corrected chi connectivity index (χ0v) is 13.9. The summed E-state index contributed by atoms with van der Waals surface area (Å²) >= 11 is 6.00. The van der Waals surface area contributed by atoms with Crippen LogP contribution in [-0.4, -0.2) is 11.5 Å². The molecule has 0 aromatic heterocycles. The Kier molecular flexibility index (Phi) is 4.55. The first-order chi connectivity index (χ1) is 11.5. The van der Waals surface area contributed by atoms with E-state index < -0.39 is 0 Å². The van der Waals surface area contributed by atoms with Gasteiger partial charge >= 0.3 is 0 Å². The van der Waals surface area contributed by atoms with Gasteiger partial charge in [-0.3, -0.25) is 10.1 Å². The Morgan fingerprint density at radius 3 is 2.50 bits per heavy atom. The molecule has 1 atom stereocenters. The van der Waals surface area contributed by atoms with Crippen molar-refractivity contribution >= 4 is 11.6 Å². The van der Waals surface area contributed by atoms with Crippen LogP contribution in [0.3, 0.4) is 0 Å². The van der Waals surface area contributed by atoms with Crippen LogP contribution in [0, 0.1) is 21.4 Å². The molecule has 1 fully saturated rings. The monoisotopic (exact) mass is 340 g/mol. The summed E-state index contributed by atoms with van der Waals surface area (Å²) in [6, 6.07) is 17.0. The van der Waals surface area contributed by atoms with Gasteiger partial charge in [0.1, 0.15) is 0 Å². The average molecular weight is 341 g/mol. The molecule has 3 rings (SSSR count). The summed E-state index contributed by atoms with van der Waals surface area (Å²) in [5.41, 5.74) is 2.23. The molecule has 24 heavy (non-hydrogen) atoms. The van der Waals surface area contributed by atoms with Gasteiger partial charge in [0.15, 0.2) is 0 Å². The second-order valence-corrected chi connectivity index (χ2v) is 6.76. The predicted octanol–water partition coefficient (Wildman–Crippen LogP) is 4.69. The minimum atomic E-state index is -0.258. The van der Waals surface area contributed by atoms with E-state index >= 15 is 0 Å². The van der Waals surface area contributed by atoms with Crippen LogP contribution in [0.2, 0.25) is 5.02 Å². The number of nitro groups is 1. The third kappa shape index (κ3) is 3.00. The minimum absolute atomic E-state index is 0.141. The van der Waals surface area contributed by atoms with Crippen molar-refractivity contribution in [3.63, 3.8) is 0 Å². The second kappa shape index (κ2) is 6.62. The van der Waals surface area contributed by atoms with Crippen molar-refractivity contribution in [2.45, 2.75) is 30.6 Å². The molecule has 0 bridgehead atoms. The van der Waals surface area contributed by atoms with Crippen molar-refractivity contribution in [1.82, 2.24) is 0 Å². The maximum Gasteiger partial charge on any atom is 0.211 e. The van der Waals surface area contributed by atoms with Gasteiger partial charge in [-0.25, -0.2) is 0 Å². The number of nitrogens with zero attached hydrogens (tertiary/aromatic N) is 2. The molecule has 2 aromatic rings. The summed E-state index contributed by atoms with van der Waals surface area (Å²) in [6.07, 6.45) is 2.86. The quantitative estimate of drug-likeness (QED) is 0.585. The molecule has 0 amide bonds. The van der Waals surface area contributed by atoms with Gasteiger partial charge in [-0.15, -0.1) is 0 Å². The van der Waals surface area contributed by atoms with Crippen molar-refractivity contribution in [2.75, 3.05) is 6.54 Å². The summed E-state index contributed by atoms with van der Waals surface area (Å²) < 4.78 is 0. The molecule has 4 nitrogen and oxygen atoms in total. The van der Waals surface area contributed by atoms with Gasteiger partial charge in [-0.2, -0.15) is 5.26 Å². The Balaban J connectivity index is 2.08. The van der Waals surface area contributed by atoms with E-state index in [-0.39, 0.29) is 22.8 Å². The van der Waals surface area contributed by atoms with Gasteiger partial charge in [-0.1, -0.05) is 42.3 Å². The van der Waals surface area contributed by atoms with Gasteiger partial charge in [0.2, 0.25) is 6.54 Å². The van der Waals surface area contributed by atoms with E-state index in [4.69, 9.17) is 16.9 Å². The van der Waals surface area contributed by atoms with Gasteiger partial charge in [-0.05, 0) is 48.2 Å². The molecule has 0 spiro atoms. The smallest absolute Gasteiger partial charge is 0.211 e. The highest BCUT2D eigenvalue weighted by molar-refractivity contribution is 6.30. The highest BCUT2D eigenvalue weighted by atomic mass is 35.5. The molecule has 1 aliphatic rings. The van der Waals surface area contributed by atoms with E-state index in [0.29, 0.717) is 10.6 Å². The molecule has 0 N–H and O–H groups in total. The van der Waals surface area contributed by atoms with E-state index in [9.17, 15) is 10.1 Å². The van der Waals surface area contributed by atoms with Gasteiger partial charge in [0.25, 0.3) is 0 Å². The van der Waals surface area contributed by atoms with Crippen LogP contribution in [-0.2, 0) is 5.41 Å². The van der Waals surface area contributed by atoms with Crippen LogP contribution < -0.4 is 0 Å². The zero-order valence-electron chi connectivity index (χ0n) is 13.1. The number of hydrogen-bond donors (Lipinski definition) is 0. The normalized spacial score (nSPS) is 16.7. The molecular weight excluding hydrogens is 324 g/mol. The van der Waals surface area contributed by atoms with E-state index in [1.54, 1.807) is 18.2 Å². The van der Waals surface area contributed by atoms with E-state index in [1.165, 1.54) is 0 Å². The second-order valence-electron chi connectivity index (χ2n) is 6.32. The van der Waals surface area contributed by atoms with Crippen LogP contribution in [0.4, 0.5) is 0 Å². The Morgan fingerprint density at radius 2 is 1.96 bits per heavy atom. The lowest BCUT2D eigenvalue weighted by atomic mass is 9.56. The molecule has 1 aliphatic carbocycles. The summed E-state index contributed by atoms with van der Waals surface area (Å²) in [4.78, 5) is 11.1. The molecule has 2 aromatic carbocycles. The summed E-state index contributed by atoms with van der Waals surface area (Å²) in [7, 11) is 0. The average Bonchev–Trinajstić information content (AvgIpc) is 2.54. The fraction of sp³-hybridized carbons (Fsp3) is 0.316. The van der Waals surface area contributed by atoms with Crippen molar-refractivity contribution in [1.29, 1.82) is 5.26 Å². The third-order valence-electron chi connectivity index (χ3n) is 5.08. The van der Waals surface area contributed by atoms with Crippen molar-refractivity contribution in [3.05, 3.63) is 80.4 Å². The first-order valence-corrected chi connectivity index (χ1v) is 8.31. The molecule has 122 valence electrons. The number of hydrogen-bond acceptors (Lipinski definition) is 3. The van der Waals surface area contributed by atoms with Gasteiger partial charge in [0.05, 0.1) is 17.6 Å². The molecule has 0 unspecified atom stereocenters. The van der Waals surface area contributed by atoms with Crippen LogP contribution in [0.1, 0.15) is 41.9 Å². The highest BCUT2D eigenvalue weighted by Gasteiger charge is 2.48. The fourth-order valence-electron chi connectivity index (χ4n) is 3.75. The Morgan fingerprint density at radius 1 is 1.25 bits per heavy atom. The molecule has 0 heterocycles. The van der Waals surface area contributed by atoms with Crippen molar-refractivity contribution in [3.8, 4) is 6.07 Å². The van der Waals surface area contributed by atoms with Crippen molar-refractivity contribution in [2.24, 2.45) is 0 Å². The van der Waals surface area contributed by atoms with Crippen LogP contribution >= 0.6 is 11.6 Å². The zero-order chi connectivity index (χ0) is 17.2.